The molecular weight excluding hydrogens is 416 g/mol. The van der Waals surface area contributed by atoms with Crippen LogP contribution in [-0.4, -0.2) is 24.6 Å². The molecule has 3 aromatic rings. The second-order valence-electron chi connectivity index (χ2n) is 6.35. The quantitative estimate of drug-likeness (QED) is 0.460. The largest absolute Gasteiger partial charge is 0.378 e. The number of nitrogens with zero attached hydrogens (tertiary/aromatic N) is 3. The molecule has 0 fully saturated rings. The highest BCUT2D eigenvalue weighted by atomic mass is 79.9. The first-order chi connectivity index (χ1) is 13.5. The zero-order chi connectivity index (χ0) is 20.1. The second-order valence-corrected chi connectivity index (χ2v) is 7.26. The summed E-state index contributed by atoms with van der Waals surface area (Å²) >= 11 is 3.37. The average molecular weight is 435 g/mol. The molecule has 0 radical (unpaired) electrons. The summed E-state index contributed by atoms with van der Waals surface area (Å²) in [5.74, 6) is -0.448. The number of nitriles is 1. The third-order valence-electron chi connectivity index (χ3n) is 4.16. The molecule has 2 aromatic carbocycles. The molecule has 0 aliphatic rings. The molecule has 140 valence electrons. The Morgan fingerprint density at radius 1 is 1.14 bits per heavy atom. The first kappa shape index (κ1) is 19.5. The van der Waals surface area contributed by atoms with Crippen LogP contribution in [0.5, 0.6) is 0 Å². The Morgan fingerprint density at radius 3 is 2.54 bits per heavy atom. The summed E-state index contributed by atoms with van der Waals surface area (Å²) in [5, 5.41) is 12.2. The Hall–Kier alpha value is -3.30. The number of carbonyl (C=O) groups is 1. The topological polar surface area (TPSA) is 61.1 Å². The van der Waals surface area contributed by atoms with Gasteiger partial charge in [-0.2, -0.15) is 5.26 Å². The van der Waals surface area contributed by atoms with E-state index in [1.807, 2.05) is 84.4 Å². The van der Waals surface area contributed by atoms with E-state index in [1.54, 1.807) is 18.2 Å². The lowest BCUT2D eigenvalue weighted by Gasteiger charge is -2.14. The normalized spacial score (nSPS) is 11.0. The summed E-state index contributed by atoms with van der Waals surface area (Å²) in [7, 11) is 3.98. The van der Waals surface area contributed by atoms with Gasteiger partial charge in [0, 0.05) is 47.5 Å². The van der Waals surface area contributed by atoms with Crippen molar-refractivity contribution >= 4 is 39.3 Å². The van der Waals surface area contributed by atoms with Crippen LogP contribution in [0.25, 0.3) is 11.8 Å². The minimum absolute atomic E-state index is 0.0323. The van der Waals surface area contributed by atoms with Crippen LogP contribution < -0.4 is 10.2 Å². The van der Waals surface area contributed by atoms with Gasteiger partial charge in [-0.3, -0.25) is 4.79 Å². The maximum atomic E-state index is 12.5. The van der Waals surface area contributed by atoms with Gasteiger partial charge in [0.2, 0.25) is 0 Å². The van der Waals surface area contributed by atoms with Gasteiger partial charge >= 0.3 is 0 Å². The van der Waals surface area contributed by atoms with Crippen molar-refractivity contribution in [2.45, 2.75) is 0 Å². The summed E-state index contributed by atoms with van der Waals surface area (Å²) < 4.78 is 2.78. The Morgan fingerprint density at radius 2 is 1.89 bits per heavy atom. The van der Waals surface area contributed by atoms with Gasteiger partial charge in [0.05, 0.1) is 0 Å². The van der Waals surface area contributed by atoms with E-state index in [0.717, 1.165) is 21.5 Å². The summed E-state index contributed by atoms with van der Waals surface area (Å²) in [6.45, 7) is 0. The molecule has 0 atom stereocenters. The molecule has 1 heterocycles. The fourth-order valence-electron chi connectivity index (χ4n) is 2.72. The number of amides is 1. The van der Waals surface area contributed by atoms with E-state index in [-0.39, 0.29) is 5.57 Å². The number of halogens is 1. The van der Waals surface area contributed by atoms with E-state index in [1.165, 1.54) is 0 Å². The molecule has 0 aliphatic carbocycles. The molecule has 6 heteroatoms. The molecule has 0 saturated heterocycles. The maximum Gasteiger partial charge on any atom is 0.266 e. The molecule has 28 heavy (non-hydrogen) atoms. The first-order valence-electron chi connectivity index (χ1n) is 8.62. The number of carbonyl (C=O) groups excluding carboxylic acids is 1. The Bertz CT molecular complexity index is 1060. The van der Waals surface area contributed by atoms with Crippen LogP contribution in [0.4, 0.5) is 11.4 Å². The molecular formula is C22H19BrN4O. The van der Waals surface area contributed by atoms with Gasteiger partial charge in [-0.1, -0.05) is 22.0 Å². The lowest BCUT2D eigenvalue weighted by molar-refractivity contribution is -0.112. The third-order valence-corrected chi connectivity index (χ3v) is 4.66. The molecule has 0 aliphatic heterocycles. The molecule has 1 aromatic heterocycles. The molecule has 0 saturated carbocycles. The van der Waals surface area contributed by atoms with Crippen molar-refractivity contribution < 1.29 is 4.79 Å². The maximum absolute atomic E-state index is 12.5. The molecule has 3 rings (SSSR count). The number of aromatic nitrogens is 1. The van der Waals surface area contributed by atoms with E-state index in [9.17, 15) is 10.1 Å². The number of hydrogen-bond donors (Lipinski definition) is 1. The number of nitrogens with one attached hydrogen (secondary N) is 1. The minimum Gasteiger partial charge on any atom is -0.378 e. The monoisotopic (exact) mass is 434 g/mol. The van der Waals surface area contributed by atoms with E-state index >= 15 is 0 Å². The van der Waals surface area contributed by atoms with Crippen molar-refractivity contribution in [2.75, 3.05) is 24.3 Å². The fraction of sp³-hybridized carbons (Fsp3) is 0.0909. The van der Waals surface area contributed by atoms with Crippen molar-refractivity contribution in [1.29, 1.82) is 5.26 Å². The smallest absolute Gasteiger partial charge is 0.266 e. The fourth-order valence-corrected chi connectivity index (χ4v) is 3.12. The zero-order valence-electron chi connectivity index (χ0n) is 15.6. The van der Waals surface area contributed by atoms with Crippen molar-refractivity contribution in [2.24, 2.45) is 0 Å². The number of anilines is 2. The molecule has 1 N–H and O–H groups in total. The summed E-state index contributed by atoms with van der Waals surface area (Å²) in [6, 6.07) is 21.0. The Balaban J connectivity index is 1.87. The van der Waals surface area contributed by atoms with Crippen molar-refractivity contribution in [1.82, 2.24) is 4.57 Å². The van der Waals surface area contributed by atoms with Gasteiger partial charge in [-0.25, -0.2) is 0 Å². The minimum atomic E-state index is -0.448. The van der Waals surface area contributed by atoms with E-state index in [4.69, 9.17) is 0 Å². The van der Waals surface area contributed by atoms with Gasteiger partial charge in [-0.15, -0.1) is 0 Å². The van der Waals surface area contributed by atoms with Crippen LogP contribution >= 0.6 is 15.9 Å². The van der Waals surface area contributed by atoms with Gasteiger partial charge in [0.1, 0.15) is 11.6 Å². The van der Waals surface area contributed by atoms with E-state index in [0.29, 0.717) is 5.69 Å². The highest BCUT2D eigenvalue weighted by Gasteiger charge is 2.11. The average Bonchev–Trinajstić information content (AvgIpc) is 3.14. The molecule has 1 amide bonds. The standard InChI is InChI=1S/C22H19BrN4O/c1-26(2)19-8-10-20(11-9-19)27-12-4-7-21(27)13-16(15-24)22(28)25-18-6-3-5-17(23)14-18/h3-14H,1-2H3,(H,25,28). The van der Waals surface area contributed by atoms with Crippen LogP contribution in [0.1, 0.15) is 5.69 Å². The predicted octanol–water partition coefficient (Wildman–Crippen LogP) is 4.85. The van der Waals surface area contributed by atoms with Gasteiger partial charge in [-0.05, 0) is 60.7 Å². The number of rotatable bonds is 5. The van der Waals surface area contributed by atoms with Crippen LogP contribution in [0, 0.1) is 11.3 Å². The summed E-state index contributed by atoms with van der Waals surface area (Å²) in [6.07, 6.45) is 3.49. The van der Waals surface area contributed by atoms with Crippen molar-refractivity contribution in [3.05, 3.63) is 82.6 Å². The van der Waals surface area contributed by atoms with Crippen LogP contribution in [0.2, 0.25) is 0 Å². The predicted molar refractivity (Wildman–Crippen MR) is 116 cm³/mol. The molecule has 5 nitrogen and oxygen atoms in total. The zero-order valence-corrected chi connectivity index (χ0v) is 17.1. The Labute approximate surface area is 172 Å². The Kier molecular flexibility index (Phi) is 5.97. The SMILES string of the molecule is CN(C)c1ccc(-n2cccc2C=C(C#N)C(=O)Nc2cccc(Br)c2)cc1. The first-order valence-corrected chi connectivity index (χ1v) is 9.41. The lowest BCUT2D eigenvalue weighted by Crippen LogP contribution is -2.13. The number of benzene rings is 2. The van der Waals surface area contributed by atoms with Crippen LogP contribution in [0.3, 0.4) is 0 Å². The van der Waals surface area contributed by atoms with Gasteiger partial charge < -0.3 is 14.8 Å². The van der Waals surface area contributed by atoms with E-state index in [2.05, 4.69) is 21.2 Å². The molecule has 0 unspecified atom stereocenters. The van der Waals surface area contributed by atoms with Gasteiger partial charge in [0.15, 0.2) is 0 Å². The van der Waals surface area contributed by atoms with E-state index < -0.39 is 5.91 Å². The van der Waals surface area contributed by atoms with Crippen molar-refractivity contribution in [3.8, 4) is 11.8 Å². The van der Waals surface area contributed by atoms with Crippen molar-refractivity contribution in [3.63, 3.8) is 0 Å². The highest BCUT2D eigenvalue weighted by molar-refractivity contribution is 9.10. The van der Waals surface area contributed by atoms with Crippen LogP contribution in [0.15, 0.2) is 76.9 Å². The summed E-state index contributed by atoms with van der Waals surface area (Å²) in [5.41, 5.74) is 3.45. The highest BCUT2D eigenvalue weighted by Crippen LogP contribution is 2.20. The third kappa shape index (κ3) is 4.51. The number of hydrogen-bond acceptors (Lipinski definition) is 3. The van der Waals surface area contributed by atoms with Gasteiger partial charge in [0.25, 0.3) is 5.91 Å². The lowest BCUT2D eigenvalue weighted by atomic mass is 10.2. The molecule has 0 spiro atoms. The second kappa shape index (κ2) is 8.59. The van der Waals surface area contributed by atoms with Crippen LogP contribution in [-0.2, 0) is 4.79 Å². The summed E-state index contributed by atoms with van der Waals surface area (Å²) in [4.78, 5) is 14.5. The molecule has 0 bridgehead atoms.